The maximum Gasteiger partial charge on any atom is 0.242 e. The van der Waals surface area contributed by atoms with E-state index in [4.69, 9.17) is 13.4 Å². The molecule has 0 aliphatic heterocycles. The largest absolute Gasteiger partial charge is 0.539 e. The van der Waals surface area contributed by atoms with E-state index in [1.165, 1.54) is 6.07 Å². The third kappa shape index (κ3) is 5.61. The molecule has 0 spiro atoms. The molecule has 3 N–H and O–H groups in total. The van der Waals surface area contributed by atoms with E-state index < -0.39 is 47.4 Å². The quantitative estimate of drug-likeness (QED) is 0.287. The summed E-state index contributed by atoms with van der Waals surface area (Å²) in [5.41, 5.74) is -0.490. The molecule has 0 saturated heterocycles. The molecule has 0 radical (unpaired) electrons. The predicted molar refractivity (Wildman–Crippen MR) is 105 cm³/mol. The molecule has 0 aliphatic rings. The number of hydrogen-bond donors (Lipinski definition) is 3. The molecule has 150 valence electrons. The number of hydrogen-bond acceptors (Lipinski definition) is 4. The van der Waals surface area contributed by atoms with Gasteiger partial charge in [0.15, 0.2) is 17.3 Å². The van der Waals surface area contributed by atoms with Crippen molar-refractivity contribution < 1.29 is 31.5 Å². The molecule has 2 aromatic rings. The van der Waals surface area contributed by atoms with Crippen LogP contribution in [0.1, 0.15) is 17.0 Å². The van der Waals surface area contributed by atoms with Gasteiger partial charge in [-0.2, -0.15) is 0 Å². The number of aromatic hydroxyl groups is 1. The molecule has 11 heteroatoms. The minimum absolute atomic E-state index is 0.0128. The number of halogens is 3. The predicted octanol–water partition coefficient (Wildman–Crippen LogP) is 4.70. The molecule has 1 heterocycles. The maximum absolute atomic E-state index is 14.2. The van der Waals surface area contributed by atoms with Gasteiger partial charge in [-0.05, 0) is 38.2 Å². The van der Waals surface area contributed by atoms with Gasteiger partial charge in [-0.15, -0.1) is 0 Å². The van der Waals surface area contributed by atoms with Gasteiger partial charge in [0.2, 0.25) is 25.3 Å². The van der Waals surface area contributed by atoms with Crippen LogP contribution in [0.2, 0.25) is 19.6 Å². The summed E-state index contributed by atoms with van der Waals surface area (Å²) in [5, 5.41) is 10.6. The molecule has 0 saturated carbocycles. The maximum atomic E-state index is 14.2. The Bertz CT molecular complexity index is 823. The summed E-state index contributed by atoms with van der Waals surface area (Å²) in [5.74, 6) is -2.45. The van der Waals surface area contributed by atoms with E-state index in [9.17, 15) is 18.1 Å². The van der Waals surface area contributed by atoms with Crippen LogP contribution in [-0.4, -0.2) is 28.7 Å². The van der Waals surface area contributed by atoms with Crippen LogP contribution in [0, 0.1) is 11.6 Å². The van der Waals surface area contributed by atoms with Gasteiger partial charge < -0.3 is 13.9 Å². The molecule has 27 heavy (non-hydrogen) atoms. The van der Waals surface area contributed by atoms with Crippen molar-refractivity contribution in [3.8, 4) is 22.8 Å². The van der Waals surface area contributed by atoms with E-state index in [2.05, 4.69) is 20.7 Å². The van der Waals surface area contributed by atoms with Gasteiger partial charge in [0.1, 0.15) is 11.6 Å². The first-order valence-corrected chi connectivity index (χ1v) is 13.4. The van der Waals surface area contributed by atoms with Gasteiger partial charge in [0.05, 0.1) is 10.4 Å². The average molecular weight is 484 g/mol. The topological polar surface area (TPSA) is 91.9 Å². The Kier molecular flexibility index (Phi) is 7.19. The van der Waals surface area contributed by atoms with Crippen molar-refractivity contribution in [1.82, 2.24) is 4.72 Å². The van der Waals surface area contributed by atoms with Crippen LogP contribution in [0.3, 0.4) is 0 Å². The summed E-state index contributed by atoms with van der Waals surface area (Å²) in [7, 11) is -2.20. The third-order valence-corrected chi connectivity index (χ3v) is 5.51. The molecule has 0 amide bonds. The van der Waals surface area contributed by atoms with Crippen LogP contribution in [0.5, 0.6) is 11.5 Å². The molecule has 2 unspecified atom stereocenters. The molecule has 0 fully saturated rings. The molecule has 1 aromatic carbocycles. The van der Waals surface area contributed by atoms with Gasteiger partial charge in [-0.25, -0.2) is 17.7 Å². The van der Waals surface area contributed by atoms with Crippen molar-refractivity contribution in [3.63, 3.8) is 0 Å². The van der Waals surface area contributed by atoms with Gasteiger partial charge in [0, 0.05) is 6.54 Å². The summed E-state index contributed by atoms with van der Waals surface area (Å²) >= 11 is 1.21. The smallest absolute Gasteiger partial charge is 0.242 e. The second kappa shape index (κ2) is 8.82. The molecule has 6 nitrogen and oxygen atoms in total. The Hall–Kier alpha value is -1.27. The molecular weight excluding hydrogens is 464 g/mol. The Morgan fingerprint density at radius 3 is 2.44 bits per heavy atom. The fourth-order valence-electron chi connectivity index (χ4n) is 2.32. The molecular formula is C16H20BrF2NO5SSi. The zero-order chi connectivity index (χ0) is 20.4. The second-order valence-electron chi connectivity index (χ2n) is 6.68. The first-order valence-electron chi connectivity index (χ1n) is 7.98. The Balaban J connectivity index is 2.50. The first kappa shape index (κ1) is 22.0. The van der Waals surface area contributed by atoms with Crippen LogP contribution in [0.4, 0.5) is 8.78 Å². The van der Waals surface area contributed by atoms with Crippen molar-refractivity contribution in [2.24, 2.45) is 0 Å². The summed E-state index contributed by atoms with van der Waals surface area (Å²) in [6.45, 7) is 5.79. The fourth-order valence-corrected chi connectivity index (χ4v) is 3.96. The zero-order valence-corrected chi connectivity index (χ0v) is 18.3. The third-order valence-electron chi connectivity index (χ3n) is 3.37. The van der Waals surface area contributed by atoms with Gasteiger partial charge in [-0.1, -0.05) is 22.0 Å². The highest BCUT2D eigenvalue weighted by Gasteiger charge is 2.32. The monoisotopic (exact) mass is 483 g/mol. The fraction of sp³-hybridized carbons (Fsp3) is 0.375. The number of benzene rings is 1. The SMILES string of the molecule is C[Si](C)(C)Oc1c(C(Br)CCNS(=O)O)oc(-c2c(F)cccc2F)c1O. The lowest BCUT2D eigenvalue weighted by molar-refractivity contribution is 0.438. The lowest BCUT2D eigenvalue weighted by atomic mass is 10.1. The van der Waals surface area contributed by atoms with Crippen LogP contribution < -0.4 is 9.15 Å². The first-order chi connectivity index (χ1) is 12.5. The van der Waals surface area contributed by atoms with E-state index in [1.807, 2.05) is 19.6 Å². The number of furan rings is 1. The van der Waals surface area contributed by atoms with Gasteiger partial charge in [-0.3, -0.25) is 4.55 Å². The molecule has 0 bridgehead atoms. The zero-order valence-electron chi connectivity index (χ0n) is 14.9. The minimum atomic E-state index is -2.20. The second-order valence-corrected chi connectivity index (χ2v) is 13.0. The van der Waals surface area contributed by atoms with Crippen LogP contribution in [0.25, 0.3) is 11.3 Å². The molecule has 0 aliphatic carbocycles. The van der Waals surface area contributed by atoms with E-state index in [0.29, 0.717) is 6.42 Å². The van der Waals surface area contributed by atoms with E-state index in [1.54, 1.807) is 0 Å². The molecule has 1 aromatic heterocycles. The van der Waals surface area contributed by atoms with Crippen LogP contribution in [0.15, 0.2) is 22.6 Å². The van der Waals surface area contributed by atoms with Crippen LogP contribution in [-0.2, 0) is 11.3 Å². The standard InChI is InChI=1S/C16H20BrF2NO5SSi/c1-27(2,3)25-16-13(21)15(12-10(18)5-4-6-11(12)19)24-14(16)9(17)7-8-20-26(22)23/h4-6,9,20-21H,7-8H2,1-3H3,(H,22,23). The number of nitrogens with one attached hydrogen (secondary N) is 1. The summed E-state index contributed by atoms with van der Waals surface area (Å²) < 4.78 is 61.6. The van der Waals surface area contributed by atoms with Crippen LogP contribution >= 0.6 is 15.9 Å². The highest BCUT2D eigenvalue weighted by Crippen LogP contribution is 2.49. The van der Waals surface area contributed by atoms with E-state index in [0.717, 1.165) is 12.1 Å². The van der Waals surface area contributed by atoms with E-state index >= 15 is 0 Å². The number of rotatable bonds is 8. The average Bonchev–Trinajstić information content (AvgIpc) is 2.82. The van der Waals surface area contributed by atoms with E-state index in [-0.39, 0.29) is 23.8 Å². The summed E-state index contributed by atoms with van der Waals surface area (Å²) in [6.07, 6.45) is 0.292. The lowest BCUT2D eigenvalue weighted by Crippen LogP contribution is -2.29. The highest BCUT2D eigenvalue weighted by molar-refractivity contribution is 9.09. The molecule has 2 rings (SSSR count). The Morgan fingerprint density at radius 1 is 1.33 bits per heavy atom. The van der Waals surface area contributed by atoms with Gasteiger partial charge >= 0.3 is 0 Å². The van der Waals surface area contributed by atoms with Crippen molar-refractivity contribution >= 4 is 35.5 Å². The van der Waals surface area contributed by atoms with Crippen molar-refractivity contribution in [2.45, 2.75) is 30.9 Å². The van der Waals surface area contributed by atoms with Crippen molar-refractivity contribution in [2.75, 3.05) is 6.54 Å². The van der Waals surface area contributed by atoms with Crippen molar-refractivity contribution in [3.05, 3.63) is 35.6 Å². The summed E-state index contributed by atoms with van der Waals surface area (Å²) in [6, 6.07) is 3.33. The summed E-state index contributed by atoms with van der Waals surface area (Å²) in [4.78, 5) is -0.533. The number of alkyl halides is 1. The minimum Gasteiger partial charge on any atom is -0.539 e. The normalized spacial score (nSPS) is 14.2. The Labute approximate surface area is 167 Å². The van der Waals surface area contributed by atoms with Gasteiger partial charge in [0.25, 0.3) is 0 Å². The molecule has 2 atom stereocenters. The highest BCUT2D eigenvalue weighted by atomic mass is 79.9. The van der Waals surface area contributed by atoms with Crippen molar-refractivity contribution in [1.29, 1.82) is 0 Å². The lowest BCUT2D eigenvalue weighted by Gasteiger charge is -2.20. The Morgan fingerprint density at radius 2 is 1.93 bits per heavy atom.